The molecule has 1 unspecified atom stereocenters. The molecule has 5 heteroatoms. The molecule has 1 heterocycles. The molecule has 0 saturated carbocycles. The fraction of sp³-hybridized carbons (Fsp3) is 0.364. The molecule has 0 aliphatic carbocycles. The molecule has 16 heavy (non-hydrogen) atoms. The van der Waals surface area contributed by atoms with Crippen LogP contribution < -0.4 is 16.0 Å². The smallest absolute Gasteiger partial charge is 0.243 e. The zero-order chi connectivity index (χ0) is 11.7. The van der Waals surface area contributed by atoms with Gasteiger partial charge < -0.3 is 16.0 Å². The van der Waals surface area contributed by atoms with Gasteiger partial charge in [-0.05, 0) is 25.1 Å². The lowest BCUT2D eigenvalue weighted by atomic mass is 10.1. The van der Waals surface area contributed by atoms with Gasteiger partial charge in [-0.2, -0.15) is 0 Å². The summed E-state index contributed by atoms with van der Waals surface area (Å²) in [4.78, 5) is 13.5. The number of hydrogen-bond donors (Lipinski definition) is 2. The van der Waals surface area contributed by atoms with Crippen molar-refractivity contribution < 1.29 is 4.79 Å². The van der Waals surface area contributed by atoms with Crippen molar-refractivity contribution in [1.29, 1.82) is 0 Å². The number of benzene rings is 1. The highest BCUT2D eigenvalue weighted by Crippen LogP contribution is 2.31. The van der Waals surface area contributed by atoms with Crippen LogP contribution in [0.25, 0.3) is 0 Å². The zero-order valence-electron chi connectivity index (χ0n) is 9.03. The Hall–Kier alpha value is -1.07. The molecule has 1 aliphatic rings. The van der Waals surface area contributed by atoms with Crippen molar-refractivity contribution >= 4 is 33.2 Å². The Morgan fingerprint density at radius 2 is 2.38 bits per heavy atom. The van der Waals surface area contributed by atoms with Crippen LogP contribution >= 0.6 is 15.9 Å². The second-order valence-electron chi connectivity index (χ2n) is 4.07. The number of amides is 1. The maximum Gasteiger partial charge on any atom is 0.243 e. The molecule has 0 aromatic heterocycles. The molecular formula is C11H14BrN3O. The van der Waals surface area contributed by atoms with Crippen molar-refractivity contribution in [1.82, 2.24) is 0 Å². The van der Waals surface area contributed by atoms with Gasteiger partial charge >= 0.3 is 0 Å². The van der Waals surface area contributed by atoms with E-state index in [2.05, 4.69) is 21.2 Å². The quantitative estimate of drug-likeness (QED) is 0.866. The highest BCUT2D eigenvalue weighted by atomic mass is 79.9. The molecule has 86 valence electrons. The Kier molecular flexibility index (Phi) is 3.16. The minimum Gasteiger partial charge on any atom is -0.359 e. The second kappa shape index (κ2) is 4.43. The summed E-state index contributed by atoms with van der Waals surface area (Å²) >= 11 is 3.39. The highest BCUT2D eigenvalue weighted by Gasteiger charge is 2.22. The minimum absolute atomic E-state index is 0.00579. The molecule has 0 spiro atoms. The normalized spacial score (nSPS) is 16.7. The first kappa shape index (κ1) is 11.4. The molecule has 0 radical (unpaired) electrons. The summed E-state index contributed by atoms with van der Waals surface area (Å²) in [5, 5.41) is 2.85. The van der Waals surface area contributed by atoms with Gasteiger partial charge in [0, 0.05) is 17.1 Å². The lowest BCUT2D eigenvalue weighted by Crippen LogP contribution is -2.43. The maximum atomic E-state index is 11.5. The molecule has 4 nitrogen and oxygen atoms in total. The van der Waals surface area contributed by atoms with E-state index in [1.165, 1.54) is 0 Å². The average Bonchev–Trinajstić information content (AvgIpc) is 2.15. The lowest BCUT2D eigenvalue weighted by molar-refractivity contribution is -0.115. The van der Waals surface area contributed by atoms with E-state index in [0.717, 1.165) is 15.8 Å². The number of rotatable bonds is 2. The van der Waals surface area contributed by atoms with Crippen LogP contribution in [-0.4, -0.2) is 25.0 Å². The maximum absolute atomic E-state index is 11.5. The predicted molar refractivity (Wildman–Crippen MR) is 68.6 cm³/mol. The van der Waals surface area contributed by atoms with Gasteiger partial charge in [0.2, 0.25) is 5.91 Å². The van der Waals surface area contributed by atoms with E-state index in [4.69, 9.17) is 5.73 Å². The first-order chi connectivity index (χ1) is 7.56. The van der Waals surface area contributed by atoms with E-state index in [0.29, 0.717) is 13.1 Å². The molecular weight excluding hydrogens is 270 g/mol. The number of hydrogen-bond acceptors (Lipinski definition) is 3. The summed E-state index contributed by atoms with van der Waals surface area (Å²) in [6.07, 6.45) is 0. The Labute approximate surface area is 103 Å². The van der Waals surface area contributed by atoms with Crippen LogP contribution in [-0.2, 0) is 4.79 Å². The fourth-order valence-electron chi connectivity index (χ4n) is 1.84. The predicted octanol–water partition coefficient (Wildman–Crippen LogP) is 1.55. The lowest BCUT2D eigenvalue weighted by Gasteiger charge is -2.32. The number of halogens is 1. The van der Waals surface area contributed by atoms with E-state index in [9.17, 15) is 4.79 Å². The molecule has 1 aliphatic heterocycles. The molecule has 1 aromatic rings. The van der Waals surface area contributed by atoms with Crippen LogP contribution in [0.3, 0.4) is 0 Å². The molecule has 1 amide bonds. The summed E-state index contributed by atoms with van der Waals surface area (Å²) in [6.45, 7) is 2.99. The fourth-order valence-corrected chi connectivity index (χ4v) is 2.20. The third-order valence-corrected chi connectivity index (χ3v) is 2.91. The summed E-state index contributed by atoms with van der Waals surface area (Å²) in [6, 6.07) is 5.90. The van der Waals surface area contributed by atoms with Crippen LogP contribution in [0, 0.1) is 0 Å². The number of carbonyl (C=O) groups excluding carboxylic acids is 1. The summed E-state index contributed by atoms with van der Waals surface area (Å²) in [5.41, 5.74) is 7.64. The van der Waals surface area contributed by atoms with Gasteiger partial charge in [0.25, 0.3) is 0 Å². The standard InChI is InChI=1S/C11H14BrN3O/c1-7(13)5-15-6-11(16)14-9-4-8(12)2-3-10(9)15/h2-4,7H,5-6,13H2,1H3,(H,14,16). The van der Waals surface area contributed by atoms with Crippen LogP contribution in [0.5, 0.6) is 0 Å². The van der Waals surface area contributed by atoms with Gasteiger partial charge in [-0.25, -0.2) is 0 Å². The van der Waals surface area contributed by atoms with Crippen molar-refractivity contribution in [2.75, 3.05) is 23.3 Å². The van der Waals surface area contributed by atoms with Crippen molar-refractivity contribution in [3.8, 4) is 0 Å². The Morgan fingerprint density at radius 3 is 3.06 bits per heavy atom. The van der Waals surface area contributed by atoms with E-state index < -0.39 is 0 Å². The molecule has 1 atom stereocenters. The number of nitrogens with two attached hydrogens (primary N) is 1. The van der Waals surface area contributed by atoms with Gasteiger partial charge in [-0.15, -0.1) is 0 Å². The second-order valence-corrected chi connectivity index (χ2v) is 4.98. The number of nitrogens with zero attached hydrogens (tertiary/aromatic N) is 1. The summed E-state index contributed by atoms with van der Waals surface area (Å²) < 4.78 is 0.953. The first-order valence-electron chi connectivity index (χ1n) is 5.16. The number of fused-ring (bicyclic) bond motifs is 1. The van der Waals surface area contributed by atoms with E-state index in [-0.39, 0.29) is 11.9 Å². The Balaban J connectivity index is 2.34. The topological polar surface area (TPSA) is 58.4 Å². The largest absolute Gasteiger partial charge is 0.359 e. The van der Waals surface area contributed by atoms with Gasteiger partial charge in [0.15, 0.2) is 0 Å². The summed E-state index contributed by atoms with van der Waals surface area (Å²) in [7, 11) is 0. The van der Waals surface area contributed by atoms with Crippen molar-refractivity contribution in [3.63, 3.8) is 0 Å². The van der Waals surface area contributed by atoms with Crippen molar-refractivity contribution in [3.05, 3.63) is 22.7 Å². The van der Waals surface area contributed by atoms with Crippen LogP contribution in [0.15, 0.2) is 22.7 Å². The van der Waals surface area contributed by atoms with Crippen LogP contribution in [0.4, 0.5) is 11.4 Å². The number of carbonyl (C=O) groups is 1. The van der Waals surface area contributed by atoms with E-state index in [1.807, 2.05) is 30.0 Å². The van der Waals surface area contributed by atoms with E-state index in [1.54, 1.807) is 0 Å². The van der Waals surface area contributed by atoms with Crippen molar-refractivity contribution in [2.24, 2.45) is 5.73 Å². The Morgan fingerprint density at radius 1 is 1.62 bits per heavy atom. The van der Waals surface area contributed by atoms with Gasteiger partial charge in [0.05, 0.1) is 17.9 Å². The first-order valence-corrected chi connectivity index (χ1v) is 5.95. The molecule has 3 N–H and O–H groups in total. The molecule has 1 aromatic carbocycles. The Bertz CT molecular complexity index is 420. The summed E-state index contributed by atoms with van der Waals surface area (Å²) in [5.74, 6) is 0.00579. The molecule has 0 bridgehead atoms. The van der Waals surface area contributed by atoms with Gasteiger partial charge in [0.1, 0.15) is 0 Å². The molecule has 0 saturated heterocycles. The van der Waals surface area contributed by atoms with Crippen LogP contribution in [0.2, 0.25) is 0 Å². The third-order valence-electron chi connectivity index (χ3n) is 2.42. The third kappa shape index (κ3) is 2.36. The minimum atomic E-state index is 0.00579. The highest BCUT2D eigenvalue weighted by molar-refractivity contribution is 9.10. The number of anilines is 2. The SMILES string of the molecule is CC(N)CN1CC(=O)Nc2cc(Br)ccc21. The monoisotopic (exact) mass is 283 g/mol. The molecule has 0 fully saturated rings. The zero-order valence-corrected chi connectivity index (χ0v) is 10.6. The van der Waals surface area contributed by atoms with Crippen molar-refractivity contribution in [2.45, 2.75) is 13.0 Å². The van der Waals surface area contributed by atoms with E-state index >= 15 is 0 Å². The molecule has 2 rings (SSSR count). The van der Waals surface area contributed by atoms with Crippen LogP contribution in [0.1, 0.15) is 6.92 Å². The van der Waals surface area contributed by atoms with Gasteiger partial charge in [-0.3, -0.25) is 4.79 Å². The number of nitrogens with one attached hydrogen (secondary N) is 1. The van der Waals surface area contributed by atoms with Gasteiger partial charge in [-0.1, -0.05) is 15.9 Å². The average molecular weight is 284 g/mol.